The van der Waals surface area contributed by atoms with E-state index < -0.39 is 5.97 Å². The van der Waals surface area contributed by atoms with E-state index in [4.69, 9.17) is 4.74 Å². The average Bonchev–Trinajstić information content (AvgIpc) is 3.07. The van der Waals surface area contributed by atoms with Gasteiger partial charge in [0.25, 0.3) is 0 Å². The summed E-state index contributed by atoms with van der Waals surface area (Å²) in [5.74, 6) is -0.469. The van der Waals surface area contributed by atoms with Gasteiger partial charge >= 0.3 is 5.97 Å². The van der Waals surface area contributed by atoms with Crippen molar-refractivity contribution in [2.75, 3.05) is 6.61 Å². The third kappa shape index (κ3) is 3.31. The zero-order chi connectivity index (χ0) is 14.4. The van der Waals surface area contributed by atoms with Crippen LogP contribution in [0.15, 0.2) is 31.4 Å². The Balaban J connectivity index is 1.91. The summed E-state index contributed by atoms with van der Waals surface area (Å²) in [7, 11) is 0. The van der Waals surface area contributed by atoms with Crippen LogP contribution in [0.1, 0.15) is 22.6 Å². The lowest BCUT2D eigenvalue weighted by molar-refractivity contribution is 0.0542. The molecule has 0 aromatic carbocycles. The number of imidazole rings is 1. The molecule has 0 N–H and O–H groups in total. The number of nitrogens with zero attached hydrogens (tertiary/aromatic N) is 5. The van der Waals surface area contributed by atoms with Gasteiger partial charge in [0, 0.05) is 25.5 Å². The van der Waals surface area contributed by atoms with Crippen LogP contribution in [-0.4, -0.2) is 37.1 Å². The SMILES string of the molecule is C=CCOC(=O)c1nnn(CCCn2ccnc2)c1C. The van der Waals surface area contributed by atoms with Gasteiger partial charge in [0.05, 0.1) is 12.0 Å². The number of aromatic nitrogens is 5. The highest BCUT2D eigenvalue weighted by molar-refractivity contribution is 5.88. The van der Waals surface area contributed by atoms with Crippen LogP contribution in [0, 0.1) is 6.92 Å². The van der Waals surface area contributed by atoms with Crippen LogP contribution in [0.2, 0.25) is 0 Å². The second-order valence-corrected chi connectivity index (χ2v) is 4.29. The van der Waals surface area contributed by atoms with Crippen molar-refractivity contribution in [3.8, 4) is 0 Å². The minimum absolute atomic E-state index is 0.172. The van der Waals surface area contributed by atoms with E-state index in [9.17, 15) is 4.79 Å². The number of rotatable bonds is 7. The molecule has 2 heterocycles. The van der Waals surface area contributed by atoms with E-state index in [1.165, 1.54) is 6.08 Å². The van der Waals surface area contributed by atoms with Crippen molar-refractivity contribution in [1.82, 2.24) is 24.5 Å². The molecule has 0 amide bonds. The molecule has 2 rings (SSSR count). The summed E-state index contributed by atoms with van der Waals surface area (Å²) in [4.78, 5) is 15.7. The van der Waals surface area contributed by atoms with E-state index >= 15 is 0 Å². The van der Waals surface area contributed by atoms with Crippen LogP contribution in [0.3, 0.4) is 0 Å². The summed E-state index contributed by atoms with van der Waals surface area (Å²) in [5, 5.41) is 7.85. The molecule has 2 aromatic rings. The van der Waals surface area contributed by atoms with Gasteiger partial charge in [0.1, 0.15) is 6.61 Å². The first-order valence-corrected chi connectivity index (χ1v) is 6.36. The molecular weight excluding hydrogens is 258 g/mol. The fourth-order valence-electron chi connectivity index (χ4n) is 1.79. The Bertz CT molecular complexity index is 574. The maximum absolute atomic E-state index is 11.7. The highest BCUT2D eigenvalue weighted by Gasteiger charge is 2.17. The van der Waals surface area contributed by atoms with E-state index in [1.54, 1.807) is 17.2 Å². The lowest BCUT2D eigenvalue weighted by Gasteiger charge is -2.04. The van der Waals surface area contributed by atoms with Crippen molar-refractivity contribution in [2.24, 2.45) is 0 Å². The number of aryl methyl sites for hydroxylation is 2. The van der Waals surface area contributed by atoms with E-state index in [2.05, 4.69) is 21.9 Å². The van der Waals surface area contributed by atoms with Gasteiger partial charge in [-0.3, -0.25) is 0 Å². The predicted octanol–water partition coefficient (Wildman–Crippen LogP) is 1.22. The number of ether oxygens (including phenoxy) is 1. The highest BCUT2D eigenvalue weighted by atomic mass is 16.5. The topological polar surface area (TPSA) is 74.8 Å². The van der Waals surface area contributed by atoms with Gasteiger partial charge in [-0.1, -0.05) is 17.9 Å². The minimum Gasteiger partial charge on any atom is -0.457 e. The predicted molar refractivity (Wildman–Crippen MR) is 72.1 cm³/mol. The van der Waals surface area contributed by atoms with Gasteiger partial charge in [-0.2, -0.15) is 0 Å². The van der Waals surface area contributed by atoms with Crippen LogP contribution < -0.4 is 0 Å². The Labute approximate surface area is 116 Å². The van der Waals surface area contributed by atoms with Crippen molar-refractivity contribution in [2.45, 2.75) is 26.4 Å². The summed E-state index contributed by atoms with van der Waals surface area (Å²) in [5.41, 5.74) is 0.971. The maximum atomic E-state index is 11.7. The summed E-state index contributed by atoms with van der Waals surface area (Å²) in [6.07, 6.45) is 7.82. The van der Waals surface area contributed by atoms with Crippen LogP contribution in [0.25, 0.3) is 0 Å². The minimum atomic E-state index is -0.469. The van der Waals surface area contributed by atoms with Gasteiger partial charge in [-0.05, 0) is 13.3 Å². The van der Waals surface area contributed by atoms with E-state index in [1.807, 2.05) is 17.7 Å². The monoisotopic (exact) mass is 275 g/mol. The standard InChI is InChI=1S/C13H17N5O2/c1-3-9-20-13(19)12-11(2)18(16-15-12)7-4-6-17-8-5-14-10-17/h3,5,8,10H,1,4,6-7,9H2,2H3. The van der Waals surface area contributed by atoms with Gasteiger partial charge in [0.15, 0.2) is 5.69 Å². The van der Waals surface area contributed by atoms with Gasteiger partial charge in [0.2, 0.25) is 0 Å². The lowest BCUT2D eigenvalue weighted by atomic mass is 10.3. The molecule has 0 saturated heterocycles. The van der Waals surface area contributed by atoms with Crippen LogP contribution in [0.5, 0.6) is 0 Å². The third-order valence-electron chi connectivity index (χ3n) is 2.85. The first-order valence-electron chi connectivity index (χ1n) is 6.36. The Kier molecular flexibility index (Phi) is 4.65. The van der Waals surface area contributed by atoms with Gasteiger partial charge < -0.3 is 9.30 Å². The average molecular weight is 275 g/mol. The molecule has 0 aliphatic carbocycles. The normalized spacial score (nSPS) is 10.4. The zero-order valence-electron chi connectivity index (χ0n) is 11.4. The lowest BCUT2D eigenvalue weighted by Crippen LogP contribution is -2.09. The molecule has 7 nitrogen and oxygen atoms in total. The molecule has 0 fully saturated rings. The number of hydrogen-bond acceptors (Lipinski definition) is 5. The summed E-state index contributed by atoms with van der Waals surface area (Å²) in [6.45, 7) is 7.00. The first kappa shape index (κ1) is 14.0. The van der Waals surface area contributed by atoms with Crippen molar-refractivity contribution in [3.05, 3.63) is 42.8 Å². The largest absolute Gasteiger partial charge is 0.457 e. The second-order valence-electron chi connectivity index (χ2n) is 4.29. The number of esters is 1. The second kappa shape index (κ2) is 6.65. The molecule has 0 spiro atoms. The van der Waals surface area contributed by atoms with Crippen molar-refractivity contribution < 1.29 is 9.53 Å². The molecule has 0 aliphatic rings. The van der Waals surface area contributed by atoms with E-state index in [0.717, 1.165) is 13.0 Å². The summed E-state index contributed by atoms with van der Waals surface area (Å²) >= 11 is 0. The fourth-order valence-corrected chi connectivity index (χ4v) is 1.79. The van der Waals surface area contributed by atoms with Crippen molar-refractivity contribution in [1.29, 1.82) is 0 Å². The Morgan fingerprint density at radius 3 is 3.05 bits per heavy atom. The van der Waals surface area contributed by atoms with Crippen molar-refractivity contribution in [3.63, 3.8) is 0 Å². The summed E-state index contributed by atoms with van der Waals surface area (Å²) < 4.78 is 8.65. The van der Waals surface area contributed by atoms with Gasteiger partial charge in [-0.25, -0.2) is 14.5 Å². The molecule has 0 atom stereocenters. The molecular formula is C13H17N5O2. The summed E-state index contributed by atoms with van der Waals surface area (Å²) in [6, 6.07) is 0. The van der Waals surface area contributed by atoms with E-state index in [-0.39, 0.29) is 12.3 Å². The molecule has 2 aromatic heterocycles. The number of carbonyl (C=O) groups is 1. The van der Waals surface area contributed by atoms with E-state index in [0.29, 0.717) is 12.2 Å². The molecule has 0 aliphatic heterocycles. The molecule has 0 unspecified atom stereocenters. The number of hydrogen-bond donors (Lipinski definition) is 0. The Morgan fingerprint density at radius 2 is 2.35 bits per heavy atom. The Hall–Kier alpha value is -2.44. The first-order chi connectivity index (χ1) is 9.72. The molecule has 0 saturated carbocycles. The fraction of sp³-hybridized carbons (Fsp3) is 0.385. The van der Waals surface area contributed by atoms with Crippen molar-refractivity contribution >= 4 is 5.97 Å². The molecule has 106 valence electrons. The zero-order valence-corrected chi connectivity index (χ0v) is 11.4. The quantitative estimate of drug-likeness (QED) is 0.561. The number of carbonyl (C=O) groups excluding carboxylic acids is 1. The third-order valence-corrected chi connectivity index (χ3v) is 2.85. The molecule has 7 heteroatoms. The smallest absolute Gasteiger partial charge is 0.361 e. The van der Waals surface area contributed by atoms with Crippen LogP contribution in [0.4, 0.5) is 0 Å². The molecule has 20 heavy (non-hydrogen) atoms. The van der Waals surface area contributed by atoms with Crippen LogP contribution >= 0.6 is 0 Å². The molecule has 0 bridgehead atoms. The Morgan fingerprint density at radius 1 is 1.50 bits per heavy atom. The van der Waals surface area contributed by atoms with Gasteiger partial charge in [-0.15, -0.1) is 5.10 Å². The highest BCUT2D eigenvalue weighted by Crippen LogP contribution is 2.07. The molecule has 0 radical (unpaired) electrons. The van der Waals surface area contributed by atoms with Crippen LogP contribution in [-0.2, 0) is 17.8 Å². The maximum Gasteiger partial charge on any atom is 0.361 e.